The van der Waals surface area contributed by atoms with Gasteiger partial charge in [-0.3, -0.25) is 19.2 Å². The molecule has 0 aromatic heterocycles. The van der Waals surface area contributed by atoms with E-state index >= 15 is 0 Å². The lowest BCUT2D eigenvalue weighted by atomic mass is 9.82. The van der Waals surface area contributed by atoms with Gasteiger partial charge in [-0.25, -0.2) is 9.59 Å². The molecule has 0 bridgehead atoms. The van der Waals surface area contributed by atoms with Gasteiger partial charge in [-0.2, -0.15) is 13.2 Å². The monoisotopic (exact) mass is 933 g/mol. The van der Waals surface area contributed by atoms with Crippen LogP contribution in [0.15, 0.2) is 72.8 Å². The van der Waals surface area contributed by atoms with E-state index in [0.717, 1.165) is 23.3 Å². The highest BCUT2D eigenvalue weighted by molar-refractivity contribution is 5.96. The summed E-state index contributed by atoms with van der Waals surface area (Å²) in [5.74, 6) is -2.45. The predicted molar refractivity (Wildman–Crippen MR) is 243 cm³/mol. The van der Waals surface area contributed by atoms with Gasteiger partial charge in [0.2, 0.25) is 23.6 Å². The van der Waals surface area contributed by atoms with Gasteiger partial charge in [-0.05, 0) is 95.9 Å². The van der Waals surface area contributed by atoms with Crippen molar-refractivity contribution in [2.24, 2.45) is 22.3 Å². The number of nitrogens with zero attached hydrogens (tertiary/aromatic N) is 3. The maximum absolute atomic E-state index is 14.3. The van der Waals surface area contributed by atoms with E-state index in [1.165, 1.54) is 36.2 Å². The summed E-state index contributed by atoms with van der Waals surface area (Å²) in [5, 5.41) is 5.26. The van der Waals surface area contributed by atoms with Crippen LogP contribution >= 0.6 is 0 Å². The lowest BCUT2D eigenvalue weighted by Crippen LogP contribution is -2.61. The normalized spacial score (nSPS) is 23.1. The topological polar surface area (TPSA) is 207 Å². The summed E-state index contributed by atoms with van der Waals surface area (Å²) in [4.78, 5) is 85.3. The Morgan fingerprint density at radius 1 is 0.612 bits per heavy atom. The first-order valence-corrected chi connectivity index (χ1v) is 22.4. The molecule has 3 aromatic carbocycles. The number of benzene rings is 3. The molecule has 18 heteroatoms. The number of alkyl carbamates (subject to hydrolysis) is 2. The van der Waals surface area contributed by atoms with Crippen LogP contribution in [0.2, 0.25) is 0 Å². The highest BCUT2D eigenvalue weighted by Crippen LogP contribution is 2.49. The van der Waals surface area contributed by atoms with Gasteiger partial charge in [-0.1, -0.05) is 90.1 Å². The van der Waals surface area contributed by atoms with Crippen LogP contribution in [0.4, 0.5) is 28.4 Å². The third-order valence-corrected chi connectivity index (χ3v) is 13.7. The van der Waals surface area contributed by atoms with Crippen LogP contribution < -0.4 is 27.0 Å². The Labute approximate surface area is 389 Å². The van der Waals surface area contributed by atoms with Crippen molar-refractivity contribution in [1.29, 1.82) is 0 Å². The highest BCUT2D eigenvalue weighted by atomic mass is 19.4. The van der Waals surface area contributed by atoms with Crippen molar-refractivity contribution in [1.82, 2.24) is 20.4 Å². The molecule has 0 aliphatic carbocycles. The minimum absolute atomic E-state index is 0.211. The third-order valence-electron chi connectivity index (χ3n) is 13.7. The van der Waals surface area contributed by atoms with Crippen LogP contribution in [-0.4, -0.2) is 85.0 Å². The van der Waals surface area contributed by atoms with Gasteiger partial charge in [0.05, 0.1) is 31.9 Å². The number of primary amides is 2. The fourth-order valence-corrected chi connectivity index (χ4v) is 10.2. The summed E-state index contributed by atoms with van der Waals surface area (Å²) < 4.78 is 51.0. The lowest BCUT2D eigenvalue weighted by Gasteiger charge is -2.41. The Hall–Kier alpha value is -6.33. The number of anilines is 1. The minimum Gasteiger partial charge on any atom is -0.453 e. The van der Waals surface area contributed by atoms with Crippen molar-refractivity contribution in [2.75, 3.05) is 32.2 Å². The summed E-state index contributed by atoms with van der Waals surface area (Å²) in [5.41, 5.74) is 10.0. The van der Waals surface area contributed by atoms with Crippen molar-refractivity contribution in [3.05, 3.63) is 101 Å². The van der Waals surface area contributed by atoms with Crippen molar-refractivity contribution in [3.63, 3.8) is 0 Å². The van der Waals surface area contributed by atoms with Crippen LogP contribution in [0.25, 0.3) is 0 Å². The molecule has 3 fully saturated rings. The first-order valence-electron chi connectivity index (χ1n) is 22.4. The van der Waals surface area contributed by atoms with E-state index in [-0.39, 0.29) is 38.0 Å². The molecule has 6 rings (SSSR count). The van der Waals surface area contributed by atoms with E-state index in [4.69, 9.17) is 20.9 Å². The first-order chi connectivity index (χ1) is 31.3. The summed E-state index contributed by atoms with van der Waals surface area (Å²) in [7, 11) is 2.39. The van der Waals surface area contributed by atoms with Gasteiger partial charge < -0.3 is 46.3 Å². The van der Waals surface area contributed by atoms with Gasteiger partial charge in [-0.15, -0.1) is 0 Å². The molecule has 0 radical (unpaired) electrons. The Balaban J connectivity index is 1.36. The predicted octanol–water partition coefficient (Wildman–Crippen LogP) is 6.94. The number of nitrogens with one attached hydrogen (secondary N) is 2. The zero-order valence-electron chi connectivity index (χ0n) is 39.3. The maximum atomic E-state index is 14.3. The Bertz CT molecular complexity index is 2210. The van der Waals surface area contributed by atoms with Crippen molar-refractivity contribution in [3.8, 4) is 0 Å². The Morgan fingerprint density at radius 2 is 0.970 bits per heavy atom. The number of amides is 6. The molecule has 3 heterocycles. The molecular weight excluding hydrogens is 872 g/mol. The number of hydrogen-bond acceptors (Lipinski definition) is 9. The smallest absolute Gasteiger partial charge is 0.416 e. The number of ether oxygens (including phenoxy) is 2. The van der Waals surface area contributed by atoms with E-state index < -0.39 is 81.5 Å². The van der Waals surface area contributed by atoms with E-state index in [1.807, 2.05) is 29.2 Å². The van der Waals surface area contributed by atoms with Crippen LogP contribution in [0.5, 0.6) is 0 Å². The number of halogens is 3. The molecule has 0 saturated carbocycles. The summed E-state index contributed by atoms with van der Waals surface area (Å²) >= 11 is 0. The SMILES string of the molecule is COC(=O)N[C@H](C(=O)N1CCC[C@@]1(C(N)=O)c1ccc(C2CC[C@H](c3ccc([C@]4(C(N)=O)CCCN4C(=O)[C@@H](NC(=O)OC)C(C)(C)C)cc3)N2c2ccc(C(F)(F)F)cc2)cc1)C(C)(C)C. The summed E-state index contributed by atoms with van der Waals surface area (Å²) in [6.45, 7) is 11.1. The minimum atomic E-state index is -4.56. The molecule has 3 saturated heterocycles. The molecule has 3 aromatic rings. The second-order valence-electron chi connectivity index (χ2n) is 19.8. The van der Waals surface area contributed by atoms with Crippen LogP contribution in [0.1, 0.15) is 120 Å². The van der Waals surface area contributed by atoms with Gasteiger partial charge in [0, 0.05) is 18.8 Å². The number of methoxy groups -OCH3 is 2. The van der Waals surface area contributed by atoms with Crippen molar-refractivity contribution < 1.29 is 51.4 Å². The largest absolute Gasteiger partial charge is 0.453 e. The average Bonchev–Trinajstić information content (AvgIpc) is 4.05. The Kier molecular flexibility index (Phi) is 14.0. The van der Waals surface area contributed by atoms with E-state index in [0.29, 0.717) is 42.5 Å². The molecule has 1 unspecified atom stereocenters. The number of carbonyl (C=O) groups excluding carboxylic acids is 6. The molecule has 6 amide bonds. The fourth-order valence-electron chi connectivity index (χ4n) is 10.2. The molecule has 6 N–H and O–H groups in total. The molecule has 15 nitrogen and oxygen atoms in total. The second-order valence-corrected chi connectivity index (χ2v) is 19.8. The van der Waals surface area contributed by atoms with Crippen molar-refractivity contribution in [2.45, 2.75) is 121 Å². The Morgan fingerprint density at radius 3 is 1.27 bits per heavy atom. The maximum Gasteiger partial charge on any atom is 0.416 e. The molecule has 3 aliphatic rings. The number of carbonyl (C=O) groups is 6. The van der Waals surface area contributed by atoms with Crippen LogP contribution in [-0.2, 0) is 45.9 Å². The number of rotatable bonds is 11. The van der Waals surface area contributed by atoms with E-state index in [1.54, 1.807) is 65.8 Å². The van der Waals surface area contributed by atoms with Gasteiger partial charge in [0.1, 0.15) is 23.2 Å². The second kappa shape index (κ2) is 18.7. The van der Waals surface area contributed by atoms with Gasteiger partial charge in [0.15, 0.2) is 0 Å². The summed E-state index contributed by atoms with van der Waals surface area (Å²) in [6, 6.07) is 16.5. The molecule has 6 atom stereocenters. The zero-order chi connectivity index (χ0) is 49.4. The standard InChI is InChI=1S/C49H62F3N7O8/c1-45(2,3)37(55-43(64)66-7)39(60)57-27-9-25-47(57,41(53)62)31-15-11-29(12-16-31)35-23-24-36(59(35)34-21-19-33(20-22-34)49(50,51)52)30-13-17-32(18-14-30)48(42(54)63)26-10-28-58(48)40(61)38(46(4,5)6)56-44(65)67-8/h11-22,35-38H,9-10,23-28H2,1-8H3,(H2,53,62)(H2,54,63)(H,55,64)(H,56,65)/t35-,36?,37-,38-,47+,48+/m1/s1. The first kappa shape index (κ1) is 50.1. The number of alkyl halides is 3. The number of hydrogen-bond donors (Lipinski definition) is 4. The van der Waals surface area contributed by atoms with Crippen LogP contribution in [0, 0.1) is 10.8 Å². The average molecular weight is 934 g/mol. The van der Waals surface area contributed by atoms with E-state index in [2.05, 4.69) is 10.6 Å². The molecular formula is C49H62F3N7O8. The fraction of sp³-hybridized carbons (Fsp3) is 0.510. The quantitative estimate of drug-likeness (QED) is 0.157. The number of likely N-dealkylation sites (tertiary alicyclic amines) is 2. The lowest BCUT2D eigenvalue weighted by molar-refractivity contribution is -0.147. The highest BCUT2D eigenvalue weighted by Gasteiger charge is 2.54. The third kappa shape index (κ3) is 9.48. The molecule has 67 heavy (non-hydrogen) atoms. The van der Waals surface area contributed by atoms with Gasteiger partial charge in [0.25, 0.3) is 0 Å². The van der Waals surface area contributed by atoms with E-state index in [9.17, 15) is 41.9 Å². The zero-order valence-corrected chi connectivity index (χ0v) is 39.3. The van der Waals surface area contributed by atoms with Gasteiger partial charge >= 0.3 is 18.4 Å². The molecule has 3 aliphatic heterocycles. The van der Waals surface area contributed by atoms with Crippen molar-refractivity contribution >= 4 is 41.5 Å². The van der Waals surface area contributed by atoms with Crippen LogP contribution in [0.3, 0.4) is 0 Å². The number of nitrogens with two attached hydrogens (primary N) is 2. The molecule has 362 valence electrons. The summed E-state index contributed by atoms with van der Waals surface area (Å²) in [6.07, 6.45) is -3.60. The molecule has 0 spiro atoms.